The molecule has 17 heteroatoms. The van der Waals surface area contributed by atoms with Crippen molar-refractivity contribution in [2.24, 2.45) is 11.7 Å². The number of alkyl halides is 4. The highest BCUT2D eigenvalue weighted by molar-refractivity contribution is 7.09. The summed E-state index contributed by atoms with van der Waals surface area (Å²) in [5.41, 5.74) is 4.53. The van der Waals surface area contributed by atoms with Gasteiger partial charge in [-0.05, 0) is 32.3 Å². The Hall–Kier alpha value is -3.24. The molecule has 0 saturated heterocycles. The lowest BCUT2D eigenvalue weighted by Crippen LogP contribution is -2.56. The third kappa shape index (κ3) is 14.8. The highest BCUT2D eigenvalue weighted by atomic mass is 35.5. The number of esters is 1. The number of rotatable bonds is 13. The number of nitrogens with one attached hydrogen (secondary N) is 2. The normalized spacial score (nSPS) is 13.2. The standard InChI is InChI=1S/C21H31ClN4O6S.C2HF3O2/c1-12(2)17(26-20(31)21(3,4)23)19(30)32-13(7-5-6-8-22)9-15(27)24-10-16-25-14(11-33-16)18(28)29;3-2(4,5)1(6)7/h5,7,11-13,17H,6,8-10,23H2,1-4H3,(H,24,27)(H,26,31)(H,28,29);(H,6,7)/t13-,17+;/m1./s1. The Labute approximate surface area is 237 Å². The quantitative estimate of drug-likeness (QED) is 0.125. The van der Waals surface area contributed by atoms with E-state index in [4.69, 9.17) is 37.1 Å². The van der Waals surface area contributed by atoms with E-state index < -0.39 is 53.6 Å². The molecule has 0 saturated carbocycles. The predicted molar refractivity (Wildman–Crippen MR) is 139 cm³/mol. The van der Waals surface area contributed by atoms with Crippen molar-refractivity contribution >= 4 is 52.7 Å². The number of amides is 2. The Bertz CT molecular complexity index is 1060. The molecule has 0 aliphatic carbocycles. The van der Waals surface area contributed by atoms with E-state index in [-0.39, 0.29) is 24.6 Å². The van der Waals surface area contributed by atoms with E-state index in [2.05, 4.69) is 15.6 Å². The van der Waals surface area contributed by atoms with Gasteiger partial charge in [-0.3, -0.25) is 9.59 Å². The summed E-state index contributed by atoms with van der Waals surface area (Å²) in [6.45, 7) is 6.59. The second-order valence-corrected chi connectivity index (χ2v) is 10.3. The number of carboxylic acid groups (broad SMARTS) is 2. The average molecular weight is 617 g/mol. The van der Waals surface area contributed by atoms with Crippen LogP contribution in [0.1, 0.15) is 56.0 Å². The first kappa shape index (κ1) is 36.8. The van der Waals surface area contributed by atoms with Crippen LogP contribution in [0.4, 0.5) is 13.2 Å². The average Bonchev–Trinajstić information content (AvgIpc) is 3.29. The highest BCUT2D eigenvalue weighted by Crippen LogP contribution is 2.14. The molecule has 0 aliphatic heterocycles. The molecule has 2 amide bonds. The van der Waals surface area contributed by atoms with Crippen LogP contribution >= 0.6 is 22.9 Å². The van der Waals surface area contributed by atoms with E-state index in [1.165, 1.54) is 19.2 Å². The number of carbonyl (C=O) groups excluding carboxylic acids is 3. The molecule has 226 valence electrons. The van der Waals surface area contributed by atoms with Crippen molar-refractivity contribution in [3.8, 4) is 0 Å². The van der Waals surface area contributed by atoms with Gasteiger partial charge in [-0.25, -0.2) is 19.4 Å². The molecule has 0 spiro atoms. The molecule has 2 atom stereocenters. The Morgan fingerprint density at radius 3 is 2.20 bits per heavy atom. The minimum atomic E-state index is -5.08. The summed E-state index contributed by atoms with van der Waals surface area (Å²) in [5, 5.41) is 23.1. The van der Waals surface area contributed by atoms with Gasteiger partial charge in [0, 0.05) is 11.3 Å². The molecule has 6 N–H and O–H groups in total. The topological polar surface area (TPSA) is 198 Å². The van der Waals surface area contributed by atoms with Crippen molar-refractivity contribution in [3.63, 3.8) is 0 Å². The Kier molecular flexibility index (Phi) is 15.4. The number of nitrogens with two attached hydrogens (primary N) is 1. The van der Waals surface area contributed by atoms with Gasteiger partial charge in [-0.2, -0.15) is 13.2 Å². The summed E-state index contributed by atoms with van der Waals surface area (Å²) in [6.07, 6.45) is -2.37. The number of nitrogens with zero attached hydrogens (tertiary/aromatic N) is 1. The maximum Gasteiger partial charge on any atom is 0.490 e. The molecular weight excluding hydrogens is 585 g/mol. The first-order valence-corrected chi connectivity index (χ1v) is 13.0. The fraction of sp³-hybridized carbons (Fsp3) is 0.565. The van der Waals surface area contributed by atoms with Gasteiger partial charge in [-0.15, -0.1) is 22.9 Å². The van der Waals surface area contributed by atoms with Crippen molar-refractivity contribution < 1.29 is 52.1 Å². The predicted octanol–water partition coefficient (Wildman–Crippen LogP) is 2.46. The monoisotopic (exact) mass is 616 g/mol. The maximum atomic E-state index is 12.8. The van der Waals surface area contributed by atoms with E-state index in [0.717, 1.165) is 11.3 Å². The third-order valence-electron chi connectivity index (χ3n) is 4.52. The second-order valence-electron chi connectivity index (χ2n) is 9.01. The van der Waals surface area contributed by atoms with Crippen molar-refractivity contribution in [2.45, 2.75) is 70.9 Å². The summed E-state index contributed by atoms with van der Waals surface area (Å²) < 4.78 is 37.3. The number of hydrogen-bond donors (Lipinski definition) is 5. The minimum Gasteiger partial charge on any atom is -0.476 e. The fourth-order valence-corrected chi connectivity index (χ4v) is 3.26. The number of thiazole rings is 1. The van der Waals surface area contributed by atoms with E-state index in [1.807, 2.05) is 0 Å². The van der Waals surface area contributed by atoms with Gasteiger partial charge in [0.2, 0.25) is 11.8 Å². The fourth-order valence-electron chi connectivity index (χ4n) is 2.43. The molecule has 0 aliphatic rings. The molecule has 0 unspecified atom stereocenters. The summed E-state index contributed by atoms with van der Waals surface area (Å²) in [5.74, 6) is -5.45. The number of aliphatic carboxylic acids is 1. The third-order valence-corrected chi connectivity index (χ3v) is 5.59. The van der Waals surface area contributed by atoms with Crippen molar-refractivity contribution in [3.05, 3.63) is 28.2 Å². The minimum absolute atomic E-state index is 0.0408. The van der Waals surface area contributed by atoms with E-state index in [9.17, 15) is 32.3 Å². The zero-order chi connectivity index (χ0) is 31.3. The first-order valence-electron chi connectivity index (χ1n) is 11.6. The molecular formula is C23H32ClF3N4O8S. The number of hydrogen-bond acceptors (Lipinski definition) is 9. The summed E-state index contributed by atoms with van der Waals surface area (Å²) in [4.78, 5) is 61.1. The lowest BCUT2D eigenvalue weighted by Gasteiger charge is -2.26. The molecule has 1 aromatic rings. The molecule has 0 radical (unpaired) electrons. The van der Waals surface area contributed by atoms with Crippen LogP contribution in [0.2, 0.25) is 0 Å². The van der Waals surface area contributed by atoms with Crippen LogP contribution in [-0.2, 0) is 30.5 Å². The van der Waals surface area contributed by atoms with Gasteiger partial charge in [0.1, 0.15) is 17.2 Å². The Balaban J connectivity index is 0.00000191. The van der Waals surface area contributed by atoms with E-state index >= 15 is 0 Å². The van der Waals surface area contributed by atoms with Crippen molar-refractivity contribution in [1.29, 1.82) is 0 Å². The lowest BCUT2D eigenvalue weighted by molar-refractivity contribution is -0.192. The Morgan fingerprint density at radius 2 is 1.77 bits per heavy atom. The molecule has 12 nitrogen and oxygen atoms in total. The zero-order valence-corrected chi connectivity index (χ0v) is 23.7. The molecule has 40 heavy (non-hydrogen) atoms. The molecule has 0 bridgehead atoms. The van der Waals surface area contributed by atoms with Gasteiger partial charge < -0.3 is 31.3 Å². The van der Waals surface area contributed by atoms with Gasteiger partial charge >= 0.3 is 24.1 Å². The Morgan fingerprint density at radius 1 is 1.20 bits per heavy atom. The summed E-state index contributed by atoms with van der Waals surface area (Å²) in [7, 11) is 0. The second kappa shape index (κ2) is 16.8. The molecule has 0 aromatic carbocycles. The van der Waals surface area contributed by atoms with Crippen LogP contribution in [0, 0.1) is 5.92 Å². The molecule has 1 aromatic heterocycles. The van der Waals surface area contributed by atoms with E-state index in [1.54, 1.807) is 26.0 Å². The van der Waals surface area contributed by atoms with Crippen LogP contribution in [0.15, 0.2) is 17.5 Å². The highest BCUT2D eigenvalue weighted by Gasteiger charge is 2.38. The van der Waals surface area contributed by atoms with Gasteiger partial charge in [0.05, 0.1) is 18.5 Å². The number of aromatic carboxylic acids is 1. The van der Waals surface area contributed by atoms with Crippen LogP contribution in [0.25, 0.3) is 0 Å². The summed E-state index contributed by atoms with van der Waals surface area (Å²) in [6, 6.07) is -0.947. The largest absolute Gasteiger partial charge is 0.490 e. The van der Waals surface area contributed by atoms with Gasteiger partial charge in [-0.1, -0.05) is 19.9 Å². The summed E-state index contributed by atoms with van der Waals surface area (Å²) >= 11 is 6.79. The number of carboxylic acids is 2. The lowest BCUT2D eigenvalue weighted by atomic mass is 10.0. The molecule has 1 heterocycles. The van der Waals surface area contributed by atoms with Crippen molar-refractivity contribution in [2.75, 3.05) is 5.88 Å². The smallest absolute Gasteiger partial charge is 0.476 e. The molecule has 0 fully saturated rings. The number of aromatic nitrogens is 1. The van der Waals surface area contributed by atoms with Gasteiger partial charge in [0.25, 0.3) is 0 Å². The SMILES string of the molecule is CC(C)[C@H](NC(=O)C(C)(C)N)C(=O)O[C@H](C=CCCCl)CC(=O)NCc1nc(C(=O)O)cs1.O=C(O)C(F)(F)F. The number of ether oxygens (including phenoxy) is 1. The molecule has 1 rings (SSSR count). The zero-order valence-electron chi connectivity index (χ0n) is 22.1. The van der Waals surface area contributed by atoms with Crippen molar-refractivity contribution in [1.82, 2.24) is 15.6 Å². The van der Waals surface area contributed by atoms with E-state index in [0.29, 0.717) is 17.3 Å². The number of allylic oxidation sites excluding steroid dienone is 1. The van der Waals surface area contributed by atoms with Gasteiger partial charge in [0.15, 0.2) is 5.69 Å². The van der Waals surface area contributed by atoms with Crippen LogP contribution < -0.4 is 16.4 Å². The van der Waals surface area contributed by atoms with Crippen LogP contribution in [0.5, 0.6) is 0 Å². The number of halogens is 4. The maximum absolute atomic E-state index is 12.8. The van der Waals surface area contributed by atoms with Crippen LogP contribution in [-0.4, -0.2) is 74.7 Å². The first-order chi connectivity index (χ1) is 18.3. The number of carbonyl (C=O) groups is 5. The van der Waals surface area contributed by atoms with Crippen LogP contribution in [0.3, 0.4) is 0 Å².